The second-order valence-corrected chi connectivity index (χ2v) is 8.97. The number of benzene rings is 2. The average molecular weight is 428 g/mol. The van der Waals surface area contributed by atoms with E-state index in [4.69, 9.17) is 9.47 Å². The fourth-order valence-corrected chi connectivity index (χ4v) is 3.63. The molecule has 0 aliphatic heterocycles. The van der Waals surface area contributed by atoms with Crippen molar-refractivity contribution in [3.05, 3.63) is 54.1 Å². The Kier molecular flexibility index (Phi) is 7.65. The minimum Gasteiger partial charge on any atom is -0.444 e. The van der Waals surface area contributed by atoms with Gasteiger partial charge >= 0.3 is 6.09 Å². The molecule has 0 fully saturated rings. The van der Waals surface area contributed by atoms with Crippen molar-refractivity contribution in [1.82, 2.24) is 15.6 Å². The fourth-order valence-electron chi connectivity index (χ4n) is 2.80. The molecule has 0 saturated carbocycles. The topological polar surface area (TPSA) is 72.5 Å². The summed E-state index contributed by atoms with van der Waals surface area (Å²) in [5.74, 6) is 0.791. The van der Waals surface area contributed by atoms with Gasteiger partial charge in [0.25, 0.3) is 5.19 Å². The zero-order valence-corrected chi connectivity index (χ0v) is 18.6. The maximum absolute atomic E-state index is 11.6. The zero-order chi connectivity index (χ0) is 21.4. The van der Waals surface area contributed by atoms with E-state index in [-0.39, 0.29) is 6.09 Å². The highest BCUT2D eigenvalue weighted by atomic mass is 32.1. The number of nitrogens with zero attached hydrogens (tertiary/aromatic N) is 1. The van der Waals surface area contributed by atoms with Crippen molar-refractivity contribution in [3.63, 3.8) is 0 Å². The minimum absolute atomic E-state index is 0.365. The summed E-state index contributed by atoms with van der Waals surface area (Å²) >= 11 is 1.55. The number of hydrogen-bond donors (Lipinski definition) is 2. The van der Waals surface area contributed by atoms with E-state index in [1.807, 2.05) is 57.2 Å². The number of alkyl carbamates (subject to hydrolysis) is 1. The first kappa shape index (κ1) is 22.1. The number of nitrogens with one attached hydrogen (secondary N) is 2. The lowest BCUT2D eigenvalue weighted by Gasteiger charge is -2.19. The van der Waals surface area contributed by atoms with Crippen LogP contribution in [0.25, 0.3) is 10.2 Å². The van der Waals surface area contributed by atoms with Gasteiger partial charge in [0.05, 0.1) is 10.2 Å². The zero-order valence-electron chi connectivity index (χ0n) is 17.7. The smallest absolute Gasteiger partial charge is 0.407 e. The Labute approximate surface area is 181 Å². The van der Waals surface area contributed by atoms with Crippen molar-refractivity contribution in [2.45, 2.75) is 39.2 Å². The first-order chi connectivity index (χ1) is 14.4. The molecule has 7 heteroatoms. The molecule has 0 aliphatic carbocycles. The summed E-state index contributed by atoms with van der Waals surface area (Å²) in [7, 11) is 0. The maximum Gasteiger partial charge on any atom is 0.407 e. The first-order valence-electron chi connectivity index (χ1n) is 10.2. The van der Waals surface area contributed by atoms with E-state index in [9.17, 15) is 4.79 Å². The van der Waals surface area contributed by atoms with Gasteiger partial charge in [-0.15, -0.1) is 0 Å². The molecule has 2 N–H and O–H groups in total. The third kappa shape index (κ3) is 7.31. The molecular formula is C23H29N3O3S. The third-order valence-corrected chi connectivity index (χ3v) is 5.11. The Bertz CT molecular complexity index is 915. The van der Waals surface area contributed by atoms with Crippen LogP contribution in [0, 0.1) is 0 Å². The number of carbonyl (C=O) groups is 1. The van der Waals surface area contributed by atoms with Crippen LogP contribution in [0.5, 0.6) is 10.9 Å². The lowest BCUT2D eigenvalue weighted by Crippen LogP contribution is -2.34. The van der Waals surface area contributed by atoms with E-state index >= 15 is 0 Å². The summed E-state index contributed by atoms with van der Waals surface area (Å²) in [6.45, 7) is 7.88. The molecule has 1 amide bonds. The van der Waals surface area contributed by atoms with Gasteiger partial charge in [-0.1, -0.05) is 35.6 Å². The van der Waals surface area contributed by atoms with E-state index in [0.717, 1.165) is 41.9 Å². The molecule has 0 spiro atoms. The number of fused-ring (bicyclic) bond motifs is 1. The highest BCUT2D eigenvalue weighted by Crippen LogP contribution is 2.31. The van der Waals surface area contributed by atoms with Crippen molar-refractivity contribution in [3.8, 4) is 10.9 Å². The van der Waals surface area contributed by atoms with Crippen LogP contribution in [0.3, 0.4) is 0 Å². The predicted molar refractivity (Wildman–Crippen MR) is 122 cm³/mol. The standard InChI is InChI=1S/C23H29N3O3S/c1-23(2,3)29-21(27)25-15-6-14-24-16-13-17-9-11-18(12-10-17)28-22-26-19-7-4-5-8-20(19)30-22/h4-5,7-12,24H,6,13-16H2,1-3H3,(H,25,27). The van der Waals surface area contributed by atoms with E-state index in [1.54, 1.807) is 11.3 Å². The number of ether oxygens (including phenoxy) is 2. The predicted octanol–water partition coefficient (Wildman–Crippen LogP) is 5.14. The normalized spacial score (nSPS) is 11.4. The van der Waals surface area contributed by atoms with Gasteiger partial charge in [0, 0.05) is 6.54 Å². The van der Waals surface area contributed by atoms with Gasteiger partial charge in [-0.2, -0.15) is 0 Å². The van der Waals surface area contributed by atoms with Crippen molar-refractivity contribution in [2.75, 3.05) is 19.6 Å². The van der Waals surface area contributed by atoms with Crippen LogP contribution in [0.2, 0.25) is 0 Å². The summed E-state index contributed by atoms with van der Waals surface area (Å²) < 4.78 is 12.2. The molecular weight excluding hydrogens is 398 g/mol. The van der Waals surface area contributed by atoms with Crippen molar-refractivity contribution >= 4 is 27.6 Å². The number of thiazole rings is 1. The second-order valence-electron chi connectivity index (χ2n) is 7.98. The van der Waals surface area contributed by atoms with Crippen LogP contribution in [0.1, 0.15) is 32.8 Å². The van der Waals surface area contributed by atoms with E-state index in [0.29, 0.717) is 11.7 Å². The van der Waals surface area contributed by atoms with Crippen LogP contribution in [0.15, 0.2) is 48.5 Å². The van der Waals surface area contributed by atoms with Gasteiger partial charge in [0.15, 0.2) is 0 Å². The minimum atomic E-state index is -0.461. The molecule has 160 valence electrons. The molecule has 0 saturated heterocycles. The molecule has 6 nitrogen and oxygen atoms in total. The van der Waals surface area contributed by atoms with E-state index < -0.39 is 5.60 Å². The van der Waals surface area contributed by atoms with Crippen molar-refractivity contribution < 1.29 is 14.3 Å². The largest absolute Gasteiger partial charge is 0.444 e. The van der Waals surface area contributed by atoms with Crippen LogP contribution < -0.4 is 15.4 Å². The van der Waals surface area contributed by atoms with Gasteiger partial charge in [-0.3, -0.25) is 0 Å². The van der Waals surface area contributed by atoms with Gasteiger partial charge < -0.3 is 20.1 Å². The molecule has 1 heterocycles. The number of rotatable bonds is 9. The average Bonchev–Trinajstić information content (AvgIpc) is 3.09. The summed E-state index contributed by atoms with van der Waals surface area (Å²) in [6.07, 6.45) is 1.42. The van der Waals surface area contributed by atoms with Crippen LogP contribution >= 0.6 is 11.3 Å². The summed E-state index contributed by atoms with van der Waals surface area (Å²) in [4.78, 5) is 16.0. The Hall–Kier alpha value is -2.64. The highest BCUT2D eigenvalue weighted by molar-refractivity contribution is 7.20. The quantitative estimate of drug-likeness (QED) is 0.463. The molecule has 2 aromatic carbocycles. The van der Waals surface area contributed by atoms with Crippen LogP contribution in [-0.4, -0.2) is 36.3 Å². The van der Waals surface area contributed by atoms with E-state index in [1.165, 1.54) is 5.56 Å². The van der Waals surface area contributed by atoms with Crippen molar-refractivity contribution in [1.29, 1.82) is 0 Å². The number of hydrogen-bond acceptors (Lipinski definition) is 6. The Morgan fingerprint density at radius 1 is 1.03 bits per heavy atom. The number of para-hydroxylation sites is 1. The lowest BCUT2D eigenvalue weighted by molar-refractivity contribution is 0.0527. The molecule has 30 heavy (non-hydrogen) atoms. The van der Waals surface area contributed by atoms with Crippen LogP contribution in [-0.2, 0) is 11.2 Å². The molecule has 3 aromatic rings. The first-order valence-corrected chi connectivity index (χ1v) is 11.0. The molecule has 0 unspecified atom stereocenters. The van der Waals surface area contributed by atoms with Crippen molar-refractivity contribution in [2.24, 2.45) is 0 Å². The maximum atomic E-state index is 11.6. The second kappa shape index (κ2) is 10.4. The molecule has 0 atom stereocenters. The molecule has 1 aromatic heterocycles. The van der Waals surface area contributed by atoms with E-state index in [2.05, 4.69) is 27.8 Å². The molecule has 3 rings (SSSR count). The fraction of sp³-hybridized carbons (Fsp3) is 0.391. The summed E-state index contributed by atoms with van der Waals surface area (Å²) in [5.41, 5.74) is 1.74. The number of aromatic nitrogens is 1. The number of amides is 1. The molecule has 0 radical (unpaired) electrons. The number of carbonyl (C=O) groups excluding carboxylic acids is 1. The monoisotopic (exact) mass is 427 g/mol. The Morgan fingerprint density at radius 3 is 2.53 bits per heavy atom. The SMILES string of the molecule is CC(C)(C)OC(=O)NCCCNCCc1ccc(Oc2nc3ccccc3s2)cc1. The molecule has 0 aliphatic rings. The van der Waals surface area contributed by atoms with Gasteiger partial charge in [0.1, 0.15) is 11.4 Å². The molecule has 0 bridgehead atoms. The van der Waals surface area contributed by atoms with Crippen LogP contribution in [0.4, 0.5) is 4.79 Å². The Morgan fingerprint density at radius 2 is 1.80 bits per heavy atom. The lowest BCUT2D eigenvalue weighted by atomic mass is 10.1. The van der Waals surface area contributed by atoms with Gasteiger partial charge in [0.2, 0.25) is 0 Å². The summed E-state index contributed by atoms with van der Waals surface area (Å²) in [6, 6.07) is 16.1. The highest BCUT2D eigenvalue weighted by Gasteiger charge is 2.15. The summed E-state index contributed by atoms with van der Waals surface area (Å²) in [5, 5.41) is 6.81. The van der Waals surface area contributed by atoms with Gasteiger partial charge in [-0.05, 0) is 76.5 Å². The Balaban J connectivity index is 1.32. The third-order valence-electron chi connectivity index (χ3n) is 4.19. The van der Waals surface area contributed by atoms with Gasteiger partial charge in [-0.25, -0.2) is 9.78 Å².